The van der Waals surface area contributed by atoms with Gasteiger partial charge in [0, 0.05) is 6.04 Å². The molecule has 1 aliphatic carbocycles. The van der Waals surface area contributed by atoms with E-state index in [2.05, 4.69) is 17.6 Å². The maximum absolute atomic E-state index is 11.2. The number of likely N-dealkylation sites (N-methyl/N-ethyl adjacent to an activating group) is 1. The van der Waals surface area contributed by atoms with Gasteiger partial charge in [-0.3, -0.25) is 4.79 Å². The molecule has 0 radical (unpaired) electrons. The van der Waals surface area contributed by atoms with E-state index in [0.717, 1.165) is 12.3 Å². The van der Waals surface area contributed by atoms with Gasteiger partial charge in [-0.2, -0.15) is 0 Å². The maximum Gasteiger partial charge on any atom is 0.234 e. The topological polar surface area (TPSA) is 41.1 Å². The minimum absolute atomic E-state index is 0.120. The average Bonchev–Trinajstić information content (AvgIpc) is 2.87. The molecular formula is C10H20N2O. The molecule has 0 saturated heterocycles. The zero-order valence-electron chi connectivity index (χ0n) is 8.60. The normalized spacial score (nSPS) is 18.3. The van der Waals surface area contributed by atoms with Crippen molar-refractivity contribution in [3.63, 3.8) is 0 Å². The maximum atomic E-state index is 11.2. The summed E-state index contributed by atoms with van der Waals surface area (Å²) >= 11 is 0. The molecule has 1 unspecified atom stereocenters. The van der Waals surface area contributed by atoms with Gasteiger partial charge in [0.15, 0.2) is 0 Å². The number of nitrogens with one attached hydrogen (secondary N) is 2. The summed E-state index contributed by atoms with van der Waals surface area (Å²) in [7, 11) is 1.79. The Morgan fingerprint density at radius 1 is 1.54 bits per heavy atom. The lowest BCUT2D eigenvalue weighted by Crippen LogP contribution is -2.39. The first kappa shape index (κ1) is 10.5. The van der Waals surface area contributed by atoms with E-state index in [4.69, 9.17) is 0 Å². The Balaban J connectivity index is 2.17. The highest BCUT2D eigenvalue weighted by Gasteiger charge is 2.25. The molecule has 0 aromatic heterocycles. The summed E-state index contributed by atoms with van der Waals surface area (Å²) in [5.41, 5.74) is 0. The fraction of sp³-hybridized carbons (Fsp3) is 0.900. The van der Waals surface area contributed by atoms with Crippen molar-refractivity contribution in [3.8, 4) is 0 Å². The highest BCUT2D eigenvalue weighted by Crippen LogP contribution is 2.33. The van der Waals surface area contributed by atoms with E-state index < -0.39 is 0 Å². The van der Waals surface area contributed by atoms with Gasteiger partial charge in [0.2, 0.25) is 5.91 Å². The van der Waals surface area contributed by atoms with Crippen molar-refractivity contribution in [3.05, 3.63) is 0 Å². The monoisotopic (exact) mass is 184 g/mol. The van der Waals surface area contributed by atoms with E-state index in [1.165, 1.54) is 19.3 Å². The number of hydrogen-bond acceptors (Lipinski definition) is 2. The van der Waals surface area contributed by atoms with Crippen LogP contribution in [-0.4, -0.2) is 25.5 Å². The highest BCUT2D eigenvalue weighted by atomic mass is 16.1. The number of carbonyl (C=O) groups excluding carboxylic acids is 1. The lowest BCUT2D eigenvalue weighted by Gasteiger charge is -2.16. The Morgan fingerprint density at radius 2 is 2.23 bits per heavy atom. The molecule has 1 saturated carbocycles. The van der Waals surface area contributed by atoms with Crippen LogP contribution in [0.1, 0.15) is 32.6 Å². The lowest BCUT2D eigenvalue weighted by molar-refractivity contribution is -0.120. The van der Waals surface area contributed by atoms with Crippen LogP contribution in [0.4, 0.5) is 0 Å². The second-order valence-corrected chi connectivity index (χ2v) is 3.88. The van der Waals surface area contributed by atoms with Gasteiger partial charge in [-0.1, -0.05) is 19.8 Å². The minimum atomic E-state index is 0.120. The molecule has 0 aliphatic heterocycles. The van der Waals surface area contributed by atoms with E-state index in [9.17, 15) is 4.79 Å². The summed E-state index contributed by atoms with van der Waals surface area (Å²) in [5, 5.41) is 5.89. The molecule has 76 valence electrons. The van der Waals surface area contributed by atoms with E-state index in [1.54, 1.807) is 7.05 Å². The van der Waals surface area contributed by atoms with Crippen LogP contribution in [0, 0.1) is 5.92 Å². The van der Waals surface area contributed by atoms with E-state index >= 15 is 0 Å². The van der Waals surface area contributed by atoms with Crippen LogP contribution in [0.2, 0.25) is 0 Å². The van der Waals surface area contributed by atoms with Crippen molar-refractivity contribution >= 4 is 5.91 Å². The molecule has 1 amide bonds. The van der Waals surface area contributed by atoms with Gasteiger partial charge in [-0.25, -0.2) is 0 Å². The summed E-state index contributed by atoms with van der Waals surface area (Å²) in [5.74, 6) is 1.01. The SMILES string of the molecule is CCC(CC1CC1)NC(=O)CNC. The summed E-state index contributed by atoms with van der Waals surface area (Å²) in [4.78, 5) is 11.2. The van der Waals surface area contributed by atoms with Crippen molar-refractivity contribution in [1.82, 2.24) is 10.6 Å². The Hall–Kier alpha value is -0.570. The molecule has 0 aromatic rings. The predicted molar refractivity (Wildman–Crippen MR) is 53.5 cm³/mol. The summed E-state index contributed by atoms with van der Waals surface area (Å²) < 4.78 is 0. The van der Waals surface area contributed by atoms with Gasteiger partial charge in [0.05, 0.1) is 6.54 Å². The lowest BCUT2D eigenvalue weighted by atomic mass is 10.1. The molecule has 1 rings (SSSR count). The molecule has 0 aromatic carbocycles. The third-order valence-electron chi connectivity index (χ3n) is 2.51. The minimum Gasteiger partial charge on any atom is -0.352 e. The quantitative estimate of drug-likeness (QED) is 0.644. The first-order valence-electron chi connectivity index (χ1n) is 5.20. The van der Waals surface area contributed by atoms with E-state index in [1.807, 2.05) is 0 Å². The van der Waals surface area contributed by atoms with Gasteiger partial charge in [-0.15, -0.1) is 0 Å². The smallest absolute Gasteiger partial charge is 0.234 e. The first-order valence-corrected chi connectivity index (χ1v) is 5.20. The first-order chi connectivity index (χ1) is 6.26. The molecule has 1 atom stereocenters. The molecule has 13 heavy (non-hydrogen) atoms. The molecule has 1 fully saturated rings. The number of amides is 1. The average molecular weight is 184 g/mol. The van der Waals surface area contributed by atoms with Crippen LogP contribution in [-0.2, 0) is 4.79 Å². The number of rotatable bonds is 6. The molecule has 0 bridgehead atoms. The van der Waals surface area contributed by atoms with E-state index in [0.29, 0.717) is 12.6 Å². The fourth-order valence-electron chi connectivity index (χ4n) is 1.52. The van der Waals surface area contributed by atoms with Crippen LogP contribution < -0.4 is 10.6 Å². The van der Waals surface area contributed by atoms with Crippen molar-refractivity contribution in [2.75, 3.05) is 13.6 Å². The van der Waals surface area contributed by atoms with Crippen LogP contribution in [0.15, 0.2) is 0 Å². The molecule has 0 heterocycles. The summed E-state index contributed by atoms with van der Waals surface area (Å²) in [6.07, 6.45) is 4.94. The van der Waals surface area contributed by atoms with Crippen LogP contribution in [0.3, 0.4) is 0 Å². The molecular weight excluding hydrogens is 164 g/mol. The van der Waals surface area contributed by atoms with Gasteiger partial charge >= 0.3 is 0 Å². The fourth-order valence-corrected chi connectivity index (χ4v) is 1.52. The number of carbonyl (C=O) groups is 1. The molecule has 1 aliphatic rings. The highest BCUT2D eigenvalue weighted by molar-refractivity contribution is 5.78. The van der Waals surface area contributed by atoms with Crippen molar-refractivity contribution in [2.45, 2.75) is 38.6 Å². The second-order valence-electron chi connectivity index (χ2n) is 3.88. The molecule has 3 nitrogen and oxygen atoms in total. The molecule has 2 N–H and O–H groups in total. The second kappa shape index (κ2) is 5.22. The zero-order valence-corrected chi connectivity index (χ0v) is 8.60. The third kappa shape index (κ3) is 4.27. The Morgan fingerprint density at radius 3 is 2.69 bits per heavy atom. The molecule has 0 spiro atoms. The van der Waals surface area contributed by atoms with Crippen LogP contribution in [0.5, 0.6) is 0 Å². The zero-order chi connectivity index (χ0) is 9.68. The van der Waals surface area contributed by atoms with Gasteiger partial charge in [-0.05, 0) is 25.8 Å². The van der Waals surface area contributed by atoms with Crippen LogP contribution in [0.25, 0.3) is 0 Å². The summed E-state index contributed by atoms with van der Waals surface area (Å²) in [6.45, 7) is 2.56. The van der Waals surface area contributed by atoms with Crippen molar-refractivity contribution in [2.24, 2.45) is 5.92 Å². The van der Waals surface area contributed by atoms with Crippen molar-refractivity contribution in [1.29, 1.82) is 0 Å². The number of hydrogen-bond donors (Lipinski definition) is 2. The van der Waals surface area contributed by atoms with Crippen molar-refractivity contribution < 1.29 is 4.79 Å². The predicted octanol–water partition coefficient (Wildman–Crippen LogP) is 0.901. The largest absolute Gasteiger partial charge is 0.352 e. The van der Waals surface area contributed by atoms with E-state index in [-0.39, 0.29) is 5.91 Å². The van der Waals surface area contributed by atoms with Gasteiger partial charge in [0.1, 0.15) is 0 Å². The summed E-state index contributed by atoms with van der Waals surface area (Å²) in [6, 6.07) is 0.397. The third-order valence-corrected chi connectivity index (χ3v) is 2.51. The Kier molecular flexibility index (Phi) is 4.22. The van der Waals surface area contributed by atoms with Gasteiger partial charge in [0.25, 0.3) is 0 Å². The van der Waals surface area contributed by atoms with Gasteiger partial charge < -0.3 is 10.6 Å². The Bertz CT molecular complexity index is 166. The molecule has 3 heteroatoms. The standard InChI is InChI=1S/C10H20N2O/c1-3-9(6-8-4-5-8)12-10(13)7-11-2/h8-9,11H,3-7H2,1-2H3,(H,12,13). The van der Waals surface area contributed by atoms with Crippen LogP contribution >= 0.6 is 0 Å². The Labute approximate surface area is 80.3 Å².